The summed E-state index contributed by atoms with van der Waals surface area (Å²) in [5.74, 6) is 2.41. The number of methoxy groups -OCH3 is 1. The van der Waals surface area contributed by atoms with Crippen LogP contribution in [0, 0.1) is 20.8 Å². The standard InChI is InChI=1S/C13H15N7S.C13H14N6OS.C12H12N6OS/c1-3-14-11-9(6-16-20-11)10-7-21-13(18-10)19-12-15-5-4-8(2)17-12;1-8-3-4-14-12(16-8)18-13-17-11(7-21-13)9-5-15-19-10(9)6-20-2;1-7-2-3-13-11(15-7)17-12-16-10(6-20-12)8-4-14-18-9(8)5-19/h4-7H,3H2,1-2H3,(H2,14,16,20)(H,15,17,18,19);3-5,7H,6H2,1-2H3,(H,15,19)(H,14,16,17,18);2-4,6,19H,5H2,1H3,(H,14,18)(H,13,15,16,17). The Morgan fingerprint density at radius 2 is 1.00 bits per heavy atom. The van der Waals surface area contributed by atoms with Gasteiger partial charge in [-0.25, -0.2) is 44.9 Å². The fraction of sp³-hybridized carbons (Fsp3) is 0.211. The van der Waals surface area contributed by atoms with Crippen LogP contribution in [0.5, 0.6) is 0 Å². The highest BCUT2D eigenvalue weighted by Gasteiger charge is 2.15. The number of ether oxygens (including phenoxy) is 1. The molecule has 0 aliphatic rings. The van der Waals surface area contributed by atoms with Gasteiger partial charge in [0, 0.05) is 95.2 Å². The molecule has 9 heterocycles. The van der Waals surface area contributed by atoms with E-state index < -0.39 is 0 Å². The number of rotatable bonds is 14. The third-order valence-electron chi connectivity index (χ3n) is 8.24. The first-order valence-corrected chi connectivity index (χ1v) is 21.4. The van der Waals surface area contributed by atoms with Gasteiger partial charge in [-0.05, 0) is 45.9 Å². The van der Waals surface area contributed by atoms with Gasteiger partial charge in [0.1, 0.15) is 0 Å². The van der Waals surface area contributed by atoms with Gasteiger partial charge in [0.05, 0.1) is 47.2 Å². The lowest BCUT2D eigenvalue weighted by Crippen LogP contribution is -1.99. The van der Waals surface area contributed by atoms with Gasteiger partial charge in [-0.15, -0.1) is 34.0 Å². The molecule has 0 radical (unpaired) electrons. The van der Waals surface area contributed by atoms with E-state index in [1.165, 1.54) is 34.0 Å². The largest absolute Gasteiger partial charge is 0.390 e. The molecule has 9 aromatic heterocycles. The molecule has 0 atom stereocenters. The number of nitrogens with zero attached hydrogens (tertiary/aromatic N) is 12. The van der Waals surface area contributed by atoms with Crippen molar-refractivity contribution in [3.8, 4) is 33.8 Å². The van der Waals surface area contributed by atoms with Crippen molar-refractivity contribution in [3.05, 3.63) is 100.0 Å². The number of anilines is 7. The molecule has 0 saturated heterocycles. The molecule has 0 saturated carbocycles. The Bertz CT molecular complexity index is 2660. The van der Waals surface area contributed by atoms with Crippen molar-refractivity contribution < 1.29 is 9.84 Å². The Hall–Kier alpha value is -7.12. The van der Waals surface area contributed by atoms with Crippen molar-refractivity contribution in [2.24, 2.45) is 0 Å². The molecule has 0 unspecified atom stereocenters. The van der Waals surface area contributed by atoms with Crippen molar-refractivity contribution in [3.63, 3.8) is 0 Å². The van der Waals surface area contributed by atoms with Crippen LogP contribution in [0.15, 0.2) is 71.5 Å². The quantitative estimate of drug-likeness (QED) is 0.0536. The van der Waals surface area contributed by atoms with Crippen LogP contribution in [0.1, 0.15) is 35.4 Å². The fourth-order valence-corrected chi connectivity index (χ4v) is 7.53. The monoisotopic (exact) mass is 891 g/mol. The normalized spacial score (nSPS) is 10.7. The third kappa shape index (κ3) is 11.4. The molecule has 62 heavy (non-hydrogen) atoms. The highest BCUT2D eigenvalue weighted by molar-refractivity contribution is 7.14. The van der Waals surface area contributed by atoms with E-state index in [9.17, 15) is 5.11 Å². The van der Waals surface area contributed by atoms with Crippen LogP contribution in [-0.2, 0) is 18.0 Å². The summed E-state index contributed by atoms with van der Waals surface area (Å²) in [7, 11) is 1.64. The van der Waals surface area contributed by atoms with E-state index in [4.69, 9.17) is 4.74 Å². The number of hydrogen-bond acceptors (Lipinski definition) is 21. The maximum atomic E-state index is 9.20. The summed E-state index contributed by atoms with van der Waals surface area (Å²) >= 11 is 4.44. The smallest absolute Gasteiger partial charge is 0.229 e. The summed E-state index contributed by atoms with van der Waals surface area (Å²) in [4.78, 5) is 38.8. The Morgan fingerprint density at radius 3 is 1.44 bits per heavy atom. The average molecular weight is 892 g/mol. The molecule has 0 bridgehead atoms. The van der Waals surface area contributed by atoms with Gasteiger partial charge in [0.2, 0.25) is 17.8 Å². The minimum absolute atomic E-state index is 0.125. The molecule has 0 aliphatic heterocycles. The predicted molar refractivity (Wildman–Crippen MR) is 240 cm³/mol. The van der Waals surface area contributed by atoms with Crippen molar-refractivity contribution >= 4 is 73.1 Å². The van der Waals surface area contributed by atoms with Crippen molar-refractivity contribution in [1.29, 1.82) is 0 Å². The van der Waals surface area contributed by atoms with Gasteiger partial charge in [-0.1, -0.05) is 0 Å². The summed E-state index contributed by atoms with van der Waals surface area (Å²) in [6, 6.07) is 5.53. The Kier molecular flexibility index (Phi) is 14.5. The maximum Gasteiger partial charge on any atom is 0.229 e. The third-order valence-corrected chi connectivity index (χ3v) is 10.5. The average Bonchev–Trinajstić information content (AvgIpc) is 4.12. The number of H-pyrrole nitrogens is 3. The summed E-state index contributed by atoms with van der Waals surface area (Å²) in [6.45, 7) is 8.90. The zero-order valence-corrected chi connectivity index (χ0v) is 36.4. The molecule has 9 aromatic rings. The minimum Gasteiger partial charge on any atom is -0.390 e. The number of aliphatic hydroxyl groups is 1. The highest BCUT2D eigenvalue weighted by atomic mass is 32.1. The second kappa shape index (κ2) is 20.9. The van der Waals surface area contributed by atoms with Gasteiger partial charge in [-0.3, -0.25) is 15.3 Å². The Labute approximate surface area is 366 Å². The number of aryl methyl sites for hydroxylation is 3. The Morgan fingerprint density at radius 1 is 0.581 bits per heavy atom. The number of aromatic amines is 3. The van der Waals surface area contributed by atoms with Crippen LogP contribution in [0.4, 0.5) is 39.1 Å². The van der Waals surface area contributed by atoms with Gasteiger partial charge in [-0.2, -0.15) is 15.3 Å². The molecule has 9 rings (SSSR count). The van der Waals surface area contributed by atoms with Crippen LogP contribution < -0.4 is 21.3 Å². The molecule has 0 fully saturated rings. The summed E-state index contributed by atoms with van der Waals surface area (Å²) < 4.78 is 5.12. The lowest BCUT2D eigenvalue weighted by atomic mass is 10.2. The van der Waals surface area contributed by atoms with Gasteiger partial charge in [0.15, 0.2) is 21.2 Å². The van der Waals surface area contributed by atoms with E-state index >= 15 is 0 Å². The number of hydrogen-bond donors (Lipinski definition) is 8. The fourth-order valence-electron chi connectivity index (χ4n) is 5.41. The maximum absolute atomic E-state index is 9.20. The van der Waals surface area contributed by atoms with Gasteiger partial charge in [0.25, 0.3) is 0 Å². The number of aliphatic hydroxyl groups excluding tert-OH is 1. The lowest BCUT2D eigenvalue weighted by molar-refractivity contribution is 0.182. The zero-order valence-electron chi connectivity index (χ0n) is 34.0. The number of aromatic nitrogens is 15. The molecule has 8 N–H and O–H groups in total. The minimum atomic E-state index is -0.125. The number of thiazole rings is 3. The summed E-state index contributed by atoms with van der Waals surface area (Å²) in [6.07, 6.45) is 10.5. The van der Waals surface area contributed by atoms with Crippen LogP contribution in [0.25, 0.3) is 33.8 Å². The second-order valence-corrected chi connectivity index (χ2v) is 15.4. The molecule has 0 amide bonds. The molecule has 0 aliphatic carbocycles. The zero-order chi connectivity index (χ0) is 43.3. The molecule has 0 aromatic carbocycles. The van der Waals surface area contributed by atoms with Crippen LogP contribution in [-0.4, -0.2) is 94.2 Å². The molecule has 318 valence electrons. The SMILES string of the molecule is CCNc1n[nH]cc1-c1csc(Nc2nccc(C)n2)n1.COCc1n[nH]cc1-c1csc(Nc2nccc(C)n2)n1.Cc1ccnc(Nc2nc(-c3c[nH]nc3CO)cs2)n1. The highest BCUT2D eigenvalue weighted by Crippen LogP contribution is 2.31. The van der Waals surface area contributed by atoms with E-state index in [0.717, 1.165) is 79.2 Å². The second-order valence-electron chi connectivity index (χ2n) is 12.8. The molecule has 24 heteroatoms. The van der Waals surface area contributed by atoms with Crippen molar-refractivity contribution in [2.75, 3.05) is 34.9 Å². The Balaban J connectivity index is 0.000000140. The van der Waals surface area contributed by atoms with Gasteiger partial charge < -0.3 is 31.1 Å². The first kappa shape index (κ1) is 43.0. The van der Waals surface area contributed by atoms with E-state index in [1.54, 1.807) is 31.9 Å². The van der Waals surface area contributed by atoms with E-state index in [-0.39, 0.29) is 6.61 Å². The molecular formula is C38H41N19O2S3. The van der Waals surface area contributed by atoms with E-state index in [1.807, 2.05) is 74.4 Å². The lowest BCUT2D eigenvalue weighted by Gasteiger charge is -2.01. The van der Waals surface area contributed by atoms with Gasteiger partial charge >= 0.3 is 0 Å². The van der Waals surface area contributed by atoms with E-state index in [0.29, 0.717) is 35.3 Å². The van der Waals surface area contributed by atoms with Crippen LogP contribution in [0.2, 0.25) is 0 Å². The number of nitrogens with one attached hydrogen (secondary N) is 7. The van der Waals surface area contributed by atoms with Crippen LogP contribution >= 0.6 is 34.0 Å². The summed E-state index contributed by atoms with van der Waals surface area (Å²) in [5, 5.41) is 50.4. The van der Waals surface area contributed by atoms with E-state index in [2.05, 4.69) is 96.7 Å². The van der Waals surface area contributed by atoms with Crippen molar-refractivity contribution in [2.45, 2.75) is 40.9 Å². The predicted octanol–water partition coefficient (Wildman–Crippen LogP) is 7.20. The van der Waals surface area contributed by atoms with Crippen LogP contribution in [0.3, 0.4) is 0 Å². The molecule has 21 nitrogen and oxygen atoms in total. The first-order chi connectivity index (χ1) is 30.3. The molecule has 0 spiro atoms. The molecular weight excluding hydrogens is 851 g/mol. The topological polar surface area (TPSA) is 280 Å². The summed E-state index contributed by atoms with van der Waals surface area (Å²) in [5.41, 5.74) is 9.25. The van der Waals surface area contributed by atoms with Crippen molar-refractivity contribution in [1.82, 2.24) is 75.4 Å². The first-order valence-electron chi connectivity index (χ1n) is 18.8.